The minimum atomic E-state index is -1.18. The highest BCUT2D eigenvalue weighted by Gasteiger charge is 2.33. The highest BCUT2D eigenvalue weighted by atomic mass is 28.3. The molecule has 1 amide bonds. The highest BCUT2D eigenvalue weighted by Crippen LogP contribution is 2.34. The van der Waals surface area contributed by atoms with Gasteiger partial charge in [-0.15, -0.1) is 0 Å². The summed E-state index contributed by atoms with van der Waals surface area (Å²) in [5.74, 6) is 1.60. The Kier molecular flexibility index (Phi) is 9.14. The average molecular weight is 594 g/mol. The van der Waals surface area contributed by atoms with E-state index in [-0.39, 0.29) is 12.1 Å². The van der Waals surface area contributed by atoms with E-state index in [9.17, 15) is 9.90 Å². The van der Waals surface area contributed by atoms with Gasteiger partial charge in [0.15, 0.2) is 0 Å². The zero-order valence-corrected chi connectivity index (χ0v) is 26.3. The van der Waals surface area contributed by atoms with Crippen LogP contribution in [0.3, 0.4) is 0 Å². The molecule has 42 heavy (non-hydrogen) atoms. The lowest BCUT2D eigenvalue weighted by Crippen LogP contribution is -2.58. The Morgan fingerprint density at radius 2 is 1.98 bits per heavy atom. The number of carbonyl (C=O) groups is 1. The molecule has 1 saturated heterocycles. The first-order chi connectivity index (χ1) is 20.1. The van der Waals surface area contributed by atoms with Crippen LogP contribution < -0.4 is 10.2 Å². The molecule has 0 radical (unpaired) electrons. The number of nitrogens with zero attached hydrogens (tertiary/aromatic N) is 6. The van der Waals surface area contributed by atoms with Crippen LogP contribution >= 0.6 is 0 Å². The molecule has 5 heterocycles. The molecule has 0 unspecified atom stereocenters. The Labute approximate surface area is 248 Å². The van der Waals surface area contributed by atoms with Gasteiger partial charge < -0.3 is 29.4 Å². The van der Waals surface area contributed by atoms with Crippen LogP contribution in [0.2, 0.25) is 25.7 Å². The summed E-state index contributed by atoms with van der Waals surface area (Å²) in [4.78, 5) is 29.6. The zero-order valence-electron chi connectivity index (χ0n) is 25.3. The Bertz CT molecular complexity index is 1420. The van der Waals surface area contributed by atoms with Gasteiger partial charge in [0.1, 0.15) is 30.3 Å². The highest BCUT2D eigenvalue weighted by molar-refractivity contribution is 6.76. The number of nitrogens with one attached hydrogen (secondary N) is 1. The summed E-state index contributed by atoms with van der Waals surface area (Å²) < 4.78 is 13.8. The number of aromatic nitrogens is 4. The summed E-state index contributed by atoms with van der Waals surface area (Å²) in [5.41, 5.74) is 4.05. The second-order valence-corrected chi connectivity index (χ2v) is 18.1. The molecule has 3 aromatic heterocycles. The molecule has 0 aromatic carbocycles. The molecule has 12 heteroatoms. The van der Waals surface area contributed by atoms with Crippen LogP contribution in [-0.2, 0) is 22.7 Å². The Hall–Kier alpha value is -3.48. The second kappa shape index (κ2) is 12.8. The Morgan fingerprint density at radius 3 is 2.67 bits per heavy atom. The van der Waals surface area contributed by atoms with Crippen molar-refractivity contribution in [3.05, 3.63) is 48.1 Å². The van der Waals surface area contributed by atoms with Crippen molar-refractivity contribution < 1.29 is 19.4 Å². The van der Waals surface area contributed by atoms with Crippen molar-refractivity contribution in [2.24, 2.45) is 0 Å². The van der Waals surface area contributed by atoms with E-state index in [2.05, 4.69) is 56.7 Å². The third-order valence-corrected chi connectivity index (χ3v) is 9.59. The van der Waals surface area contributed by atoms with Crippen LogP contribution in [0.4, 0.5) is 16.4 Å². The molecule has 226 valence electrons. The first-order valence-corrected chi connectivity index (χ1v) is 18.5. The molecule has 1 fully saturated rings. The maximum Gasteiger partial charge on any atom is 0.407 e. The van der Waals surface area contributed by atoms with Crippen molar-refractivity contribution in [1.82, 2.24) is 24.4 Å². The van der Waals surface area contributed by atoms with Crippen molar-refractivity contribution in [3.8, 4) is 0 Å². The number of ether oxygens (including phenoxy) is 2. The van der Waals surface area contributed by atoms with E-state index in [0.717, 1.165) is 53.0 Å². The Balaban J connectivity index is 1.36. The maximum absolute atomic E-state index is 11.7. The molecule has 2 atom stereocenters. The molecule has 0 saturated carbocycles. The molecule has 0 spiro atoms. The molecule has 0 aliphatic carbocycles. The van der Waals surface area contributed by atoms with E-state index in [1.54, 1.807) is 6.33 Å². The van der Waals surface area contributed by atoms with E-state index >= 15 is 0 Å². The molecular weight excluding hydrogens is 550 g/mol. The van der Waals surface area contributed by atoms with Crippen molar-refractivity contribution >= 4 is 42.4 Å². The number of fused-ring (bicyclic) bond motifs is 1. The summed E-state index contributed by atoms with van der Waals surface area (Å²) in [6, 6.07) is 6.86. The predicted octanol–water partition coefficient (Wildman–Crippen LogP) is 5.13. The number of hydrogen-bond acceptors (Lipinski definition) is 8. The SMILES string of the molecule is C[C@@H]1CN(c2cccc(CNc3ncnc4c3c(C3=CCOCC3)cn4COCC[Si](C)(C)C)n2)C[C@H](C)N1C(=O)O. The van der Waals surface area contributed by atoms with Crippen LogP contribution in [0.25, 0.3) is 16.6 Å². The van der Waals surface area contributed by atoms with Gasteiger partial charge in [-0.1, -0.05) is 31.8 Å². The van der Waals surface area contributed by atoms with Gasteiger partial charge in [-0.2, -0.15) is 0 Å². The van der Waals surface area contributed by atoms with Crippen molar-refractivity contribution in [1.29, 1.82) is 0 Å². The Morgan fingerprint density at radius 1 is 1.19 bits per heavy atom. The molecule has 5 rings (SSSR count). The smallest absolute Gasteiger partial charge is 0.407 e. The number of piperazine rings is 1. The van der Waals surface area contributed by atoms with Crippen LogP contribution in [0, 0.1) is 0 Å². The fourth-order valence-corrected chi connectivity index (χ4v) is 6.47. The van der Waals surface area contributed by atoms with Crippen LogP contribution in [0.5, 0.6) is 0 Å². The van der Waals surface area contributed by atoms with E-state index in [4.69, 9.17) is 14.5 Å². The van der Waals surface area contributed by atoms with Crippen LogP contribution in [0.1, 0.15) is 31.5 Å². The summed E-state index contributed by atoms with van der Waals surface area (Å²) in [7, 11) is -1.18. The van der Waals surface area contributed by atoms with Crippen molar-refractivity contribution in [3.63, 3.8) is 0 Å². The minimum absolute atomic E-state index is 0.120. The molecular formula is C30H43N7O4Si. The van der Waals surface area contributed by atoms with Gasteiger partial charge in [0.05, 0.1) is 42.9 Å². The first-order valence-electron chi connectivity index (χ1n) is 14.8. The lowest BCUT2D eigenvalue weighted by atomic mass is 10.0. The molecule has 2 aliphatic heterocycles. The number of anilines is 2. The van der Waals surface area contributed by atoms with E-state index in [1.165, 1.54) is 10.5 Å². The third kappa shape index (κ3) is 6.93. The molecule has 2 aliphatic rings. The van der Waals surface area contributed by atoms with Crippen LogP contribution in [0.15, 0.2) is 36.8 Å². The number of amides is 1. The number of rotatable bonds is 10. The predicted molar refractivity (Wildman–Crippen MR) is 168 cm³/mol. The van der Waals surface area contributed by atoms with Gasteiger partial charge in [-0.05, 0) is 44.0 Å². The average Bonchev–Trinajstić information content (AvgIpc) is 3.33. The third-order valence-electron chi connectivity index (χ3n) is 7.88. The van der Waals surface area contributed by atoms with Gasteiger partial charge in [-0.25, -0.2) is 19.7 Å². The summed E-state index contributed by atoms with van der Waals surface area (Å²) in [6.07, 6.45) is 5.83. The lowest BCUT2D eigenvalue weighted by molar-refractivity contribution is 0.0898. The fourth-order valence-electron chi connectivity index (χ4n) is 5.72. The molecule has 3 aromatic rings. The quantitative estimate of drug-likeness (QED) is 0.244. The lowest BCUT2D eigenvalue weighted by Gasteiger charge is -2.43. The van der Waals surface area contributed by atoms with E-state index in [1.807, 2.05) is 32.0 Å². The van der Waals surface area contributed by atoms with Gasteiger partial charge >= 0.3 is 6.09 Å². The monoisotopic (exact) mass is 593 g/mol. The molecule has 0 bridgehead atoms. The van der Waals surface area contributed by atoms with Gasteiger partial charge in [0.25, 0.3) is 0 Å². The van der Waals surface area contributed by atoms with E-state index in [0.29, 0.717) is 39.6 Å². The summed E-state index contributed by atoms with van der Waals surface area (Å²) in [5, 5.41) is 14.1. The molecule has 11 nitrogen and oxygen atoms in total. The normalized spacial score (nSPS) is 19.7. The van der Waals surface area contributed by atoms with Gasteiger partial charge in [0.2, 0.25) is 0 Å². The van der Waals surface area contributed by atoms with E-state index < -0.39 is 14.2 Å². The maximum atomic E-state index is 11.7. The number of hydrogen-bond donors (Lipinski definition) is 2. The minimum Gasteiger partial charge on any atom is -0.465 e. The second-order valence-electron chi connectivity index (χ2n) is 12.5. The van der Waals surface area contributed by atoms with Crippen molar-refractivity contribution in [2.45, 2.75) is 71.3 Å². The number of pyridine rings is 1. The number of carboxylic acid groups (broad SMARTS) is 1. The summed E-state index contributed by atoms with van der Waals surface area (Å²) >= 11 is 0. The standard InChI is InChI=1S/C30H43N7O4Si/c1-21-16-35(17-22(2)37(21)30(38)39)26-8-6-7-24(34-26)15-31-28-27-25(23-9-11-40-12-10-23)18-36(29(27)33-19-32-28)20-41-13-14-42(3,4)5/h6-9,18-19,21-22H,10-17,20H2,1-5H3,(H,38,39)(H,31,32,33)/t21-,22+. The van der Waals surface area contributed by atoms with Crippen LogP contribution in [-0.4, -0.2) is 88.7 Å². The molecule has 2 N–H and O–H groups in total. The fraction of sp³-hybridized carbons (Fsp3) is 0.533. The van der Waals surface area contributed by atoms with Gasteiger partial charge in [0, 0.05) is 39.5 Å². The van der Waals surface area contributed by atoms with Gasteiger partial charge in [-0.3, -0.25) is 4.90 Å². The zero-order chi connectivity index (χ0) is 29.9. The summed E-state index contributed by atoms with van der Waals surface area (Å²) in [6.45, 7) is 15.1. The largest absolute Gasteiger partial charge is 0.465 e. The topological polar surface area (TPSA) is 118 Å². The van der Waals surface area contributed by atoms with Crippen molar-refractivity contribution in [2.75, 3.05) is 43.1 Å². The first kappa shape index (κ1) is 30.0.